The van der Waals surface area contributed by atoms with E-state index in [1.165, 1.54) is 0 Å². The van der Waals surface area contributed by atoms with Crippen LogP contribution in [0.3, 0.4) is 0 Å². The molecule has 0 spiro atoms. The molecule has 0 aromatic heterocycles. The zero-order chi connectivity index (χ0) is 20.3. The number of unbranched alkanes of at least 4 members (excludes halogenated alkanes) is 5. The number of carbonyl (C=O) groups is 2. The second-order valence-electron chi connectivity index (χ2n) is 8.15. The summed E-state index contributed by atoms with van der Waals surface area (Å²) in [7, 11) is 0. The zero-order valence-electron chi connectivity index (χ0n) is 17.0. The SMILES string of the molecule is C#CC1CC(=O)[C@H](CCCCCCC(=O)O)[C@H]1C=CC(C)(O)CCCCC. The Morgan fingerprint density at radius 3 is 2.59 bits per heavy atom. The van der Waals surface area contributed by atoms with Crippen molar-refractivity contribution in [3.05, 3.63) is 12.2 Å². The number of hydrogen-bond acceptors (Lipinski definition) is 3. The van der Waals surface area contributed by atoms with Crippen LogP contribution in [0.2, 0.25) is 0 Å². The highest BCUT2D eigenvalue weighted by Gasteiger charge is 2.39. The van der Waals surface area contributed by atoms with Crippen molar-refractivity contribution in [2.24, 2.45) is 17.8 Å². The van der Waals surface area contributed by atoms with Gasteiger partial charge in [0.05, 0.1) is 5.60 Å². The molecule has 2 N–H and O–H groups in total. The highest BCUT2D eigenvalue weighted by molar-refractivity contribution is 5.84. The van der Waals surface area contributed by atoms with Crippen molar-refractivity contribution in [2.45, 2.75) is 90.1 Å². The minimum Gasteiger partial charge on any atom is -0.481 e. The number of aliphatic hydroxyl groups is 1. The predicted octanol–water partition coefficient (Wildman–Crippen LogP) is 4.75. The number of terminal acetylenes is 1. The molecular weight excluding hydrogens is 340 g/mol. The van der Waals surface area contributed by atoms with Crippen LogP contribution in [0.1, 0.15) is 84.5 Å². The number of aliphatic carboxylic acids is 1. The van der Waals surface area contributed by atoms with Crippen LogP contribution in [-0.2, 0) is 9.59 Å². The first kappa shape index (κ1) is 23.4. The van der Waals surface area contributed by atoms with E-state index in [4.69, 9.17) is 11.5 Å². The molecule has 0 aromatic carbocycles. The van der Waals surface area contributed by atoms with Gasteiger partial charge in [0.15, 0.2) is 0 Å². The van der Waals surface area contributed by atoms with E-state index in [1.807, 2.05) is 19.1 Å². The third kappa shape index (κ3) is 8.75. The van der Waals surface area contributed by atoms with Crippen LogP contribution in [0.15, 0.2) is 12.2 Å². The first-order valence-electron chi connectivity index (χ1n) is 10.4. The Morgan fingerprint density at radius 2 is 1.96 bits per heavy atom. The maximum absolute atomic E-state index is 12.4. The number of ketones is 1. The van der Waals surface area contributed by atoms with Gasteiger partial charge in [0.2, 0.25) is 0 Å². The van der Waals surface area contributed by atoms with Crippen molar-refractivity contribution in [3.63, 3.8) is 0 Å². The molecule has 1 fully saturated rings. The van der Waals surface area contributed by atoms with Gasteiger partial charge in [-0.1, -0.05) is 57.6 Å². The molecule has 1 aliphatic carbocycles. The standard InChI is InChI=1S/C23H36O4/c1-4-6-11-15-23(3,27)16-14-19-18(5-2)17-21(24)20(19)12-9-7-8-10-13-22(25)26/h2,14,16,18-20,27H,4,6-13,15,17H2,1,3H3,(H,25,26)/t18?,19-,20+,23?/m0/s1. The van der Waals surface area contributed by atoms with Gasteiger partial charge in [-0.15, -0.1) is 12.3 Å². The predicted molar refractivity (Wildman–Crippen MR) is 108 cm³/mol. The van der Waals surface area contributed by atoms with E-state index in [0.29, 0.717) is 19.3 Å². The molecule has 1 saturated carbocycles. The molecule has 0 aliphatic heterocycles. The van der Waals surface area contributed by atoms with Crippen molar-refractivity contribution >= 4 is 11.8 Å². The Hall–Kier alpha value is -1.60. The molecule has 0 aromatic rings. The number of carbonyl (C=O) groups excluding carboxylic acids is 1. The van der Waals surface area contributed by atoms with E-state index >= 15 is 0 Å². The van der Waals surface area contributed by atoms with Crippen molar-refractivity contribution in [1.29, 1.82) is 0 Å². The second kappa shape index (κ2) is 12.0. The van der Waals surface area contributed by atoms with Gasteiger partial charge in [0.25, 0.3) is 0 Å². The lowest BCUT2D eigenvalue weighted by atomic mass is 9.84. The first-order chi connectivity index (χ1) is 12.8. The number of Topliss-reactive ketones (excluding diaryl/α,β-unsaturated/α-hetero) is 1. The number of carboxylic acid groups (broad SMARTS) is 1. The molecule has 0 radical (unpaired) electrons. The molecule has 27 heavy (non-hydrogen) atoms. The van der Waals surface area contributed by atoms with Crippen LogP contribution in [0, 0.1) is 30.1 Å². The normalized spacial score (nSPS) is 24.8. The Balaban J connectivity index is 2.59. The van der Waals surface area contributed by atoms with Gasteiger partial charge >= 0.3 is 5.97 Å². The minimum absolute atomic E-state index is 0.000769. The van der Waals surface area contributed by atoms with Crippen LogP contribution in [0.5, 0.6) is 0 Å². The molecule has 4 nitrogen and oxygen atoms in total. The fraction of sp³-hybridized carbons (Fsp3) is 0.739. The molecule has 1 rings (SSSR count). The summed E-state index contributed by atoms with van der Waals surface area (Å²) in [6.07, 6.45) is 18.2. The van der Waals surface area contributed by atoms with Crippen LogP contribution in [0.25, 0.3) is 0 Å². The summed E-state index contributed by atoms with van der Waals surface area (Å²) in [5.74, 6) is 2.07. The first-order valence-corrected chi connectivity index (χ1v) is 10.4. The van der Waals surface area contributed by atoms with Gasteiger partial charge < -0.3 is 10.2 Å². The molecule has 0 bridgehead atoms. The Morgan fingerprint density at radius 1 is 1.26 bits per heavy atom. The third-order valence-corrected chi connectivity index (χ3v) is 5.60. The third-order valence-electron chi connectivity index (χ3n) is 5.60. The molecule has 152 valence electrons. The molecule has 0 heterocycles. The van der Waals surface area contributed by atoms with Gasteiger partial charge in [-0.25, -0.2) is 0 Å². The smallest absolute Gasteiger partial charge is 0.303 e. The zero-order valence-corrected chi connectivity index (χ0v) is 17.0. The van der Waals surface area contributed by atoms with Crippen LogP contribution >= 0.6 is 0 Å². The highest BCUT2D eigenvalue weighted by Crippen LogP contribution is 2.38. The second-order valence-corrected chi connectivity index (χ2v) is 8.15. The van der Waals surface area contributed by atoms with Gasteiger partial charge in [-0.3, -0.25) is 9.59 Å². The molecule has 0 amide bonds. The maximum atomic E-state index is 12.4. The van der Waals surface area contributed by atoms with Crippen molar-refractivity contribution in [3.8, 4) is 12.3 Å². The maximum Gasteiger partial charge on any atom is 0.303 e. The van der Waals surface area contributed by atoms with Crippen molar-refractivity contribution < 1.29 is 19.8 Å². The summed E-state index contributed by atoms with van der Waals surface area (Å²) in [4.78, 5) is 23.0. The number of carboxylic acids is 1. The molecule has 2 unspecified atom stereocenters. The van der Waals surface area contributed by atoms with E-state index in [1.54, 1.807) is 0 Å². The fourth-order valence-corrected chi connectivity index (χ4v) is 3.92. The largest absolute Gasteiger partial charge is 0.481 e. The van der Waals surface area contributed by atoms with Gasteiger partial charge in [0, 0.05) is 30.6 Å². The lowest BCUT2D eigenvalue weighted by molar-refractivity contribution is -0.137. The quantitative estimate of drug-likeness (QED) is 0.276. The molecular formula is C23H36O4. The Bertz CT molecular complexity index is 541. The van der Waals surface area contributed by atoms with Crippen LogP contribution in [0.4, 0.5) is 0 Å². The molecule has 4 atom stereocenters. The van der Waals surface area contributed by atoms with Crippen molar-refractivity contribution in [1.82, 2.24) is 0 Å². The van der Waals surface area contributed by atoms with E-state index in [2.05, 4.69) is 12.8 Å². The summed E-state index contributed by atoms with van der Waals surface area (Å²) in [5, 5.41) is 19.2. The average Bonchev–Trinajstić information content (AvgIpc) is 2.91. The van der Waals surface area contributed by atoms with Gasteiger partial charge in [0.1, 0.15) is 5.78 Å². The number of allylic oxidation sites excluding steroid dienone is 1. The topological polar surface area (TPSA) is 74.6 Å². The number of hydrogen-bond donors (Lipinski definition) is 2. The Kier molecular flexibility index (Phi) is 10.4. The fourth-order valence-electron chi connectivity index (χ4n) is 3.92. The van der Waals surface area contributed by atoms with E-state index in [-0.39, 0.29) is 30.0 Å². The average molecular weight is 377 g/mol. The molecule has 1 aliphatic rings. The highest BCUT2D eigenvalue weighted by atomic mass is 16.4. The summed E-state index contributed by atoms with van der Waals surface area (Å²) in [6, 6.07) is 0. The molecule has 4 heteroatoms. The van der Waals surface area contributed by atoms with Crippen molar-refractivity contribution in [2.75, 3.05) is 0 Å². The lowest BCUT2D eigenvalue weighted by Gasteiger charge is -2.22. The summed E-state index contributed by atoms with van der Waals surface area (Å²) in [6.45, 7) is 3.96. The summed E-state index contributed by atoms with van der Waals surface area (Å²) < 4.78 is 0. The lowest BCUT2D eigenvalue weighted by Crippen LogP contribution is -2.22. The summed E-state index contributed by atoms with van der Waals surface area (Å²) >= 11 is 0. The molecule has 0 saturated heterocycles. The van der Waals surface area contributed by atoms with Gasteiger partial charge in [-0.05, 0) is 26.2 Å². The van der Waals surface area contributed by atoms with E-state index in [9.17, 15) is 14.7 Å². The van der Waals surface area contributed by atoms with E-state index < -0.39 is 11.6 Å². The van der Waals surface area contributed by atoms with E-state index in [0.717, 1.165) is 44.9 Å². The minimum atomic E-state index is -0.860. The number of rotatable bonds is 13. The van der Waals surface area contributed by atoms with Crippen LogP contribution in [-0.4, -0.2) is 27.6 Å². The van der Waals surface area contributed by atoms with Crippen LogP contribution < -0.4 is 0 Å². The van der Waals surface area contributed by atoms with Gasteiger partial charge in [-0.2, -0.15) is 0 Å². The monoisotopic (exact) mass is 376 g/mol. The summed E-state index contributed by atoms with van der Waals surface area (Å²) in [5.41, 5.74) is -0.860. The Labute approximate surface area is 164 Å².